The smallest absolute Gasteiger partial charge is 0.00456 e. The van der Waals surface area contributed by atoms with Crippen LogP contribution in [0.25, 0.3) is 0 Å². The second-order valence-electron chi connectivity index (χ2n) is 3.18. The van der Waals surface area contributed by atoms with E-state index in [0.717, 1.165) is 18.5 Å². The lowest BCUT2D eigenvalue weighted by Gasteiger charge is -2.03. The molecule has 0 saturated carbocycles. The van der Waals surface area contributed by atoms with Gasteiger partial charge in [0, 0.05) is 5.70 Å². The van der Waals surface area contributed by atoms with E-state index in [0.29, 0.717) is 5.92 Å². The van der Waals surface area contributed by atoms with Crippen LogP contribution in [0, 0.1) is 5.92 Å². The van der Waals surface area contributed by atoms with Crippen LogP contribution in [-0.4, -0.2) is 0 Å². The summed E-state index contributed by atoms with van der Waals surface area (Å²) in [5.74, 6) is 0.664. The molecule has 11 heavy (non-hydrogen) atoms. The molecule has 0 atom stereocenters. The molecule has 0 aliphatic carbocycles. The zero-order chi connectivity index (χ0) is 8.69. The second kappa shape index (κ2) is 6.02. The van der Waals surface area contributed by atoms with E-state index >= 15 is 0 Å². The molecule has 0 bridgehead atoms. The molecular weight excluding hydrogens is 134 g/mol. The zero-order valence-corrected chi connectivity index (χ0v) is 7.80. The van der Waals surface area contributed by atoms with Crippen LogP contribution in [0.1, 0.15) is 33.6 Å². The van der Waals surface area contributed by atoms with Gasteiger partial charge in [0.1, 0.15) is 0 Å². The van der Waals surface area contributed by atoms with E-state index in [1.54, 1.807) is 0 Å². The third-order valence-corrected chi connectivity index (χ3v) is 1.40. The van der Waals surface area contributed by atoms with Crippen LogP contribution in [0.4, 0.5) is 0 Å². The zero-order valence-electron chi connectivity index (χ0n) is 7.80. The normalized spacial score (nSPS) is 13.3. The molecular formula is C10H19N. The molecule has 0 amide bonds. The first kappa shape index (κ1) is 10.3. The molecule has 64 valence electrons. The van der Waals surface area contributed by atoms with Crippen molar-refractivity contribution in [3.05, 3.63) is 23.9 Å². The number of allylic oxidation sites excluding steroid dienone is 4. The van der Waals surface area contributed by atoms with Crippen LogP contribution in [0.3, 0.4) is 0 Å². The molecule has 0 aromatic carbocycles. The highest BCUT2D eigenvalue weighted by atomic mass is 14.6. The van der Waals surface area contributed by atoms with Gasteiger partial charge < -0.3 is 5.73 Å². The lowest BCUT2D eigenvalue weighted by Crippen LogP contribution is -2.00. The predicted octanol–water partition coefficient (Wildman–Crippen LogP) is 2.84. The third kappa shape index (κ3) is 7.17. The Bertz CT molecular complexity index is 143. The molecule has 0 aromatic rings. The van der Waals surface area contributed by atoms with Gasteiger partial charge in [-0.25, -0.2) is 0 Å². The minimum atomic E-state index is 0.664. The fraction of sp³-hybridized carbons (Fsp3) is 0.600. The van der Waals surface area contributed by atoms with Crippen LogP contribution in [0.5, 0.6) is 0 Å². The van der Waals surface area contributed by atoms with Gasteiger partial charge in [0.15, 0.2) is 0 Å². The van der Waals surface area contributed by atoms with E-state index in [-0.39, 0.29) is 0 Å². The van der Waals surface area contributed by atoms with Gasteiger partial charge in [0.25, 0.3) is 0 Å². The summed E-state index contributed by atoms with van der Waals surface area (Å²) in [4.78, 5) is 0. The Balaban J connectivity index is 3.62. The Morgan fingerprint density at radius 1 is 1.45 bits per heavy atom. The molecule has 0 aliphatic heterocycles. The summed E-state index contributed by atoms with van der Waals surface area (Å²) in [6.07, 6.45) is 8.21. The first-order valence-electron chi connectivity index (χ1n) is 4.22. The molecule has 2 N–H and O–H groups in total. The standard InChI is InChI=1S/C10H19N/c1-4-5-6-7-10(11)8-9(2)3/h4-5,7,9H,6,8,11H2,1-3H3/b5-4-,10-7+. The van der Waals surface area contributed by atoms with E-state index in [1.165, 1.54) is 0 Å². The quantitative estimate of drug-likeness (QED) is 0.617. The maximum atomic E-state index is 5.74. The largest absolute Gasteiger partial charge is 0.402 e. The summed E-state index contributed by atoms with van der Waals surface area (Å²) in [6, 6.07) is 0. The van der Waals surface area contributed by atoms with Crippen molar-refractivity contribution in [1.82, 2.24) is 0 Å². The first-order chi connectivity index (χ1) is 5.16. The molecule has 0 spiro atoms. The molecule has 1 heteroatoms. The number of rotatable bonds is 4. The number of hydrogen-bond acceptors (Lipinski definition) is 1. The minimum Gasteiger partial charge on any atom is -0.402 e. The summed E-state index contributed by atoms with van der Waals surface area (Å²) >= 11 is 0. The van der Waals surface area contributed by atoms with Crippen LogP contribution >= 0.6 is 0 Å². The minimum absolute atomic E-state index is 0.664. The average Bonchev–Trinajstić information content (AvgIpc) is 1.86. The Hall–Kier alpha value is -0.720. The van der Waals surface area contributed by atoms with Crippen molar-refractivity contribution < 1.29 is 0 Å². The van der Waals surface area contributed by atoms with Crippen LogP contribution in [-0.2, 0) is 0 Å². The van der Waals surface area contributed by atoms with Gasteiger partial charge in [0.2, 0.25) is 0 Å². The topological polar surface area (TPSA) is 26.0 Å². The van der Waals surface area contributed by atoms with Crippen molar-refractivity contribution in [2.45, 2.75) is 33.6 Å². The molecule has 1 nitrogen and oxygen atoms in total. The maximum absolute atomic E-state index is 5.74. The predicted molar refractivity (Wildman–Crippen MR) is 51.2 cm³/mol. The first-order valence-corrected chi connectivity index (χ1v) is 4.22. The Kier molecular flexibility index (Phi) is 5.63. The van der Waals surface area contributed by atoms with Crippen LogP contribution < -0.4 is 5.73 Å². The molecule has 0 heterocycles. The van der Waals surface area contributed by atoms with Crippen molar-refractivity contribution in [2.24, 2.45) is 11.7 Å². The molecule has 0 rings (SSSR count). The van der Waals surface area contributed by atoms with Crippen molar-refractivity contribution in [3.8, 4) is 0 Å². The molecule has 0 saturated heterocycles. The lowest BCUT2D eigenvalue weighted by atomic mass is 10.1. The molecule has 0 aromatic heterocycles. The summed E-state index contributed by atoms with van der Waals surface area (Å²) in [6.45, 7) is 6.37. The number of nitrogens with two attached hydrogens (primary N) is 1. The fourth-order valence-corrected chi connectivity index (χ4v) is 0.910. The third-order valence-electron chi connectivity index (χ3n) is 1.40. The summed E-state index contributed by atoms with van der Waals surface area (Å²) < 4.78 is 0. The summed E-state index contributed by atoms with van der Waals surface area (Å²) in [5, 5.41) is 0. The second-order valence-corrected chi connectivity index (χ2v) is 3.18. The van der Waals surface area contributed by atoms with Gasteiger partial charge in [-0.2, -0.15) is 0 Å². The summed E-state index contributed by atoms with van der Waals surface area (Å²) in [5.41, 5.74) is 6.75. The Morgan fingerprint density at radius 3 is 2.55 bits per heavy atom. The van der Waals surface area contributed by atoms with Gasteiger partial charge in [-0.3, -0.25) is 0 Å². The van der Waals surface area contributed by atoms with E-state index < -0.39 is 0 Å². The van der Waals surface area contributed by atoms with Crippen molar-refractivity contribution in [3.63, 3.8) is 0 Å². The van der Waals surface area contributed by atoms with Gasteiger partial charge in [-0.1, -0.05) is 32.1 Å². The van der Waals surface area contributed by atoms with Crippen molar-refractivity contribution >= 4 is 0 Å². The van der Waals surface area contributed by atoms with Gasteiger partial charge >= 0.3 is 0 Å². The van der Waals surface area contributed by atoms with E-state index in [9.17, 15) is 0 Å². The summed E-state index contributed by atoms with van der Waals surface area (Å²) in [7, 11) is 0. The van der Waals surface area contributed by atoms with E-state index in [2.05, 4.69) is 26.0 Å². The highest BCUT2D eigenvalue weighted by Crippen LogP contribution is 2.05. The van der Waals surface area contributed by atoms with Crippen LogP contribution in [0.2, 0.25) is 0 Å². The van der Waals surface area contributed by atoms with Crippen molar-refractivity contribution in [1.29, 1.82) is 0 Å². The molecule has 0 radical (unpaired) electrons. The fourth-order valence-electron chi connectivity index (χ4n) is 0.910. The van der Waals surface area contributed by atoms with Gasteiger partial charge in [0.05, 0.1) is 0 Å². The number of hydrogen-bond donors (Lipinski definition) is 1. The Morgan fingerprint density at radius 2 is 2.09 bits per heavy atom. The maximum Gasteiger partial charge on any atom is 0.00456 e. The lowest BCUT2D eigenvalue weighted by molar-refractivity contribution is 0.637. The highest BCUT2D eigenvalue weighted by Gasteiger charge is 1.94. The molecule has 0 fully saturated rings. The van der Waals surface area contributed by atoms with Crippen molar-refractivity contribution in [2.75, 3.05) is 0 Å². The van der Waals surface area contributed by atoms with Gasteiger partial charge in [-0.15, -0.1) is 0 Å². The average molecular weight is 153 g/mol. The Labute approximate surface area is 70.0 Å². The van der Waals surface area contributed by atoms with Gasteiger partial charge in [-0.05, 0) is 25.7 Å². The highest BCUT2D eigenvalue weighted by molar-refractivity contribution is 5.00. The molecule has 0 unspecified atom stereocenters. The molecule has 0 aliphatic rings. The van der Waals surface area contributed by atoms with Crippen LogP contribution in [0.15, 0.2) is 23.9 Å². The SMILES string of the molecule is C/C=C\C/C=C(/N)CC(C)C. The van der Waals surface area contributed by atoms with E-state index in [4.69, 9.17) is 5.73 Å². The monoisotopic (exact) mass is 153 g/mol. The van der Waals surface area contributed by atoms with E-state index in [1.807, 2.05) is 13.0 Å².